The number of nitrogens with zero attached hydrogens (tertiary/aromatic N) is 1. The van der Waals surface area contributed by atoms with Gasteiger partial charge in [0, 0.05) is 18.3 Å². The molecule has 17 heavy (non-hydrogen) atoms. The highest BCUT2D eigenvalue weighted by Crippen LogP contribution is 2.43. The molecule has 0 aromatic heterocycles. The summed E-state index contributed by atoms with van der Waals surface area (Å²) >= 11 is 5.56. The molecule has 0 radical (unpaired) electrons. The van der Waals surface area contributed by atoms with E-state index >= 15 is 0 Å². The van der Waals surface area contributed by atoms with Crippen LogP contribution in [-0.4, -0.2) is 36.2 Å². The van der Waals surface area contributed by atoms with E-state index < -0.39 is 13.0 Å². The Kier molecular flexibility index (Phi) is 5.17. The van der Waals surface area contributed by atoms with Crippen LogP contribution in [0.25, 0.3) is 0 Å². The van der Waals surface area contributed by atoms with Gasteiger partial charge in [0.25, 0.3) is 6.43 Å². The molecule has 1 atom stereocenters. The molecule has 5 heteroatoms. The summed E-state index contributed by atoms with van der Waals surface area (Å²) in [5.74, 6) is -0.0936. The molecule has 1 saturated carbocycles. The van der Waals surface area contributed by atoms with Crippen molar-refractivity contribution in [2.75, 3.05) is 19.0 Å². The number of halogens is 3. The molecule has 0 N–H and O–H groups in total. The van der Waals surface area contributed by atoms with Crippen molar-refractivity contribution in [1.82, 2.24) is 4.90 Å². The molecule has 1 aliphatic carbocycles. The Morgan fingerprint density at radius 2 is 2.18 bits per heavy atom. The number of hydrogen-bond donors (Lipinski definition) is 0. The number of hydrogen-bond acceptors (Lipinski definition) is 1. The van der Waals surface area contributed by atoms with Crippen LogP contribution in [0, 0.1) is 11.3 Å². The number of carbonyl (C=O) groups is 1. The normalized spacial score (nSPS) is 23.1. The van der Waals surface area contributed by atoms with Gasteiger partial charge in [0.1, 0.15) is 0 Å². The molecule has 1 unspecified atom stereocenters. The van der Waals surface area contributed by atoms with E-state index in [9.17, 15) is 13.6 Å². The maximum absolute atomic E-state index is 12.4. The van der Waals surface area contributed by atoms with Gasteiger partial charge >= 0.3 is 0 Å². The van der Waals surface area contributed by atoms with Gasteiger partial charge in [-0.05, 0) is 18.3 Å². The third-order valence-corrected chi connectivity index (χ3v) is 3.75. The summed E-state index contributed by atoms with van der Waals surface area (Å²) in [6.45, 7) is 3.77. The van der Waals surface area contributed by atoms with Crippen molar-refractivity contribution in [3.05, 3.63) is 0 Å². The van der Waals surface area contributed by atoms with Crippen molar-refractivity contribution in [3.63, 3.8) is 0 Å². The van der Waals surface area contributed by atoms with Crippen LogP contribution in [0.2, 0.25) is 0 Å². The molecule has 1 rings (SSSR count). The molecule has 0 spiro atoms. The molecule has 0 saturated heterocycles. The lowest BCUT2D eigenvalue weighted by molar-refractivity contribution is -0.140. The Morgan fingerprint density at radius 3 is 2.59 bits per heavy atom. The van der Waals surface area contributed by atoms with E-state index in [4.69, 9.17) is 11.6 Å². The first-order valence-corrected chi connectivity index (χ1v) is 6.55. The Morgan fingerprint density at radius 1 is 1.53 bits per heavy atom. The van der Waals surface area contributed by atoms with Crippen LogP contribution in [0.5, 0.6) is 0 Å². The summed E-state index contributed by atoms with van der Waals surface area (Å²) in [5, 5.41) is 0. The average Bonchev–Trinajstić information content (AvgIpc) is 2.56. The zero-order valence-corrected chi connectivity index (χ0v) is 11.1. The average molecular weight is 268 g/mol. The van der Waals surface area contributed by atoms with Crippen molar-refractivity contribution in [2.24, 2.45) is 11.3 Å². The lowest BCUT2D eigenvalue weighted by atomic mass is 9.81. The Hall–Kier alpha value is -0.380. The van der Waals surface area contributed by atoms with E-state index in [-0.39, 0.29) is 29.7 Å². The van der Waals surface area contributed by atoms with Crippen molar-refractivity contribution in [3.8, 4) is 0 Å². The van der Waals surface area contributed by atoms with Crippen LogP contribution in [-0.2, 0) is 4.79 Å². The lowest BCUT2D eigenvalue weighted by Gasteiger charge is -2.31. The van der Waals surface area contributed by atoms with E-state index in [0.29, 0.717) is 0 Å². The molecule has 100 valence electrons. The van der Waals surface area contributed by atoms with E-state index in [1.807, 2.05) is 13.8 Å². The fraction of sp³-hybridized carbons (Fsp3) is 0.917. The van der Waals surface area contributed by atoms with Gasteiger partial charge in [-0.15, -0.1) is 11.6 Å². The van der Waals surface area contributed by atoms with Crippen LogP contribution in [0.4, 0.5) is 8.78 Å². The van der Waals surface area contributed by atoms with Crippen LogP contribution < -0.4 is 0 Å². The quantitative estimate of drug-likeness (QED) is 0.701. The first-order chi connectivity index (χ1) is 7.88. The highest BCUT2D eigenvalue weighted by molar-refractivity contribution is 6.18. The molecule has 1 aliphatic rings. The topological polar surface area (TPSA) is 20.3 Å². The molecule has 2 nitrogen and oxygen atoms in total. The molecule has 0 heterocycles. The van der Waals surface area contributed by atoms with Crippen molar-refractivity contribution >= 4 is 17.5 Å². The minimum Gasteiger partial charge on any atom is -0.336 e. The van der Waals surface area contributed by atoms with Gasteiger partial charge in [-0.1, -0.05) is 20.3 Å². The molecule has 1 amide bonds. The molecular weight excluding hydrogens is 248 g/mol. The smallest absolute Gasteiger partial charge is 0.255 e. The summed E-state index contributed by atoms with van der Waals surface area (Å²) in [7, 11) is 0. The molecular formula is C12H20ClF2NO. The first-order valence-electron chi connectivity index (χ1n) is 6.01. The van der Waals surface area contributed by atoms with Crippen molar-refractivity contribution in [1.29, 1.82) is 0 Å². The molecule has 1 fully saturated rings. The van der Waals surface area contributed by atoms with Gasteiger partial charge in [-0.2, -0.15) is 0 Å². The summed E-state index contributed by atoms with van der Waals surface area (Å²) < 4.78 is 24.8. The van der Waals surface area contributed by atoms with E-state index in [0.717, 1.165) is 19.3 Å². The van der Waals surface area contributed by atoms with Crippen LogP contribution in [0.3, 0.4) is 0 Å². The van der Waals surface area contributed by atoms with Gasteiger partial charge in [-0.25, -0.2) is 8.78 Å². The second-order valence-corrected chi connectivity index (χ2v) is 5.68. The number of carbonyl (C=O) groups excluding carboxylic acids is 1. The van der Waals surface area contributed by atoms with E-state index in [1.54, 1.807) is 0 Å². The molecule has 0 aliphatic heterocycles. The second kappa shape index (κ2) is 5.98. The fourth-order valence-electron chi connectivity index (χ4n) is 2.56. The summed E-state index contributed by atoms with van der Waals surface area (Å²) in [6.07, 6.45) is 0.277. The fourth-order valence-corrected chi connectivity index (χ4v) is 2.77. The molecule has 0 bridgehead atoms. The lowest BCUT2D eigenvalue weighted by Crippen LogP contribution is -2.43. The number of alkyl halides is 3. The van der Waals surface area contributed by atoms with E-state index in [2.05, 4.69) is 0 Å². The third-order valence-electron chi connectivity index (χ3n) is 3.58. The Bertz CT molecular complexity index is 271. The van der Waals surface area contributed by atoms with Gasteiger partial charge in [0.05, 0.1) is 6.54 Å². The predicted molar refractivity (Wildman–Crippen MR) is 64.4 cm³/mol. The highest BCUT2D eigenvalue weighted by atomic mass is 35.5. The Balaban J connectivity index is 2.70. The zero-order chi connectivity index (χ0) is 13.1. The molecule has 0 aromatic carbocycles. The van der Waals surface area contributed by atoms with Gasteiger partial charge < -0.3 is 4.90 Å². The minimum absolute atomic E-state index is 0.0796. The summed E-state index contributed by atoms with van der Waals surface area (Å²) in [5.41, 5.74) is -0.0796. The number of amides is 1. The maximum atomic E-state index is 12.4. The SMILES string of the molecule is CC1(C)CCCC1C(=O)N(CCCl)CC(F)F. The van der Waals surface area contributed by atoms with E-state index in [1.165, 1.54) is 4.90 Å². The minimum atomic E-state index is -2.49. The van der Waals surface area contributed by atoms with Gasteiger partial charge in [0.2, 0.25) is 5.91 Å². The molecule has 0 aromatic rings. The summed E-state index contributed by atoms with van der Waals surface area (Å²) in [6, 6.07) is 0. The highest BCUT2D eigenvalue weighted by Gasteiger charge is 2.41. The standard InChI is InChI=1S/C12H20ClF2NO/c1-12(2)5-3-4-9(12)11(17)16(7-6-13)8-10(14)15/h9-10H,3-8H2,1-2H3. The zero-order valence-electron chi connectivity index (χ0n) is 10.4. The maximum Gasteiger partial charge on any atom is 0.255 e. The van der Waals surface area contributed by atoms with Crippen LogP contribution >= 0.6 is 11.6 Å². The van der Waals surface area contributed by atoms with Gasteiger partial charge in [0.15, 0.2) is 0 Å². The largest absolute Gasteiger partial charge is 0.336 e. The van der Waals surface area contributed by atoms with Crippen LogP contribution in [0.15, 0.2) is 0 Å². The first kappa shape index (κ1) is 14.7. The second-order valence-electron chi connectivity index (χ2n) is 5.30. The van der Waals surface area contributed by atoms with Crippen molar-refractivity contribution in [2.45, 2.75) is 39.5 Å². The monoisotopic (exact) mass is 267 g/mol. The summed E-state index contributed by atoms with van der Waals surface area (Å²) in [4.78, 5) is 13.4. The van der Waals surface area contributed by atoms with Crippen molar-refractivity contribution < 1.29 is 13.6 Å². The third kappa shape index (κ3) is 3.80. The van der Waals surface area contributed by atoms with Crippen LogP contribution in [0.1, 0.15) is 33.1 Å². The van der Waals surface area contributed by atoms with Gasteiger partial charge in [-0.3, -0.25) is 4.79 Å². The Labute approximate surface area is 106 Å². The predicted octanol–water partition coefficient (Wildman–Crippen LogP) is 3.15. The number of rotatable bonds is 5.